The van der Waals surface area contributed by atoms with Crippen molar-refractivity contribution in [2.24, 2.45) is 0 Å². The van der Waals surface area contributed by atoms with Crippen LogP contribution in [0.2, 0.25) is 0 Å². The Balaban J connectivity index is 1.71. The summed E-state index contributed by atoms with van der Waals surface area (Å²) in [6, 6.07) is 17.4. The van der Waals surface area contributed by atoms with E-state index in [2.05, 4.69) is 4.98 Å². The van der Waals surface area contributed by atoms with E-state index in [9.17, 15) is 4.79 Å². The van der Waals surface area contributed by atoms with Gasteiger partial charge >= 0.3 is 0 Å². The Morgan fingerprint density at radius 3 is 2.48 bits per heavy atom. The van der Waals surface area contributed by atoms with E-state index in [0.717, 1.165) is 41.7 Å². The molecule has 0 saturated heterocycles. The SMILES string of the molecule is CO[C@@H](CCc1nc(-c2ccccc2)oc1C)c1ccc(C=O)cc1. The third-order valence-electron chi connectivity index (χ3n) is 4.29. The summed E-state index contributed by atoms with van der Waals surface area (Å²) in [5.41, 5.74) is 3.64. The molecule has 0 spiro atoms. The summed E-state index contributed by atoms with van der Waals surface area (Å²) >= 11 is 0. The first-order valence-electron chi connectivity index (χ1n) is 8.31. The van der Waals surface area contributed by atoms with Crippen LogP contribution in [0.3, 0.4) is 0 Å². The maximum atomic E-state index is 10.8. The second kappa shape index (κ2) is 7.90. The number of rotatable bonds is 7. The standard InChI is InChI=1S/C21H21NO3/c1-15-19(22-21(25-15)18-6-4-3-5-7-18)12-13-20(24-2)17-10-8-16(14-23)9-11-17/h3-11,14,20H,12-13H2,1-2H3/t20-/m0/s1. The first-order valence-corrected chi connectivity index (χ1v) is 8.31. The Labute approximate surface area is 147 Å². The van der Waals surface area contributed by atoms with Gasteiger partial charge in [0.15, 0.2) is 0 Å². The van der Waals surface area contributed by atoms with E-state index < -0.39 is 0 Å². The fraction of sp³-hybridized carbons (Fsp3) is 0.238. The number of hydrogen-bond donors (Lipinski definition) is 0. The van der Waals surface area contributed by atoms with E-state index in [0.29, 0.717) is 11.5 Å². The number of benzene rings is 2. The predicted octanol–water partition coefficient (Wildman–Crippen LogP) is 4.78. The molecule has 3 rings (SSSR count). The molecule has 2 aromatic carbocycles. The zero-order valence-corrected chi connectivity index (χ0v) is 14.4. The molecule has 3 aromatic rings. The van der Waals surface area contributed by atoms with Crippen molar-refractivity contribution in [1.29, 1.82) is 0 Å². The fourth-order valence-electron chi connectivity index (χ4n) is 2.84. The minimum Gasteiger partial charge on any atom is -0.441 e. The molecule has 25 heavy (non-hydrogen) atoms. The highest BCUT2D eigenvalue weighted by atomic mass is 16.5. The van der Waals surface area contributed by atoms with E-state index >= 15 is 0 Å². The first kappa shape index (κ1) is 17.1. The van der Waals surface area contributed by atoms with Crippen molar-refractivity contribution >= 4 is 6.29 Å². The normalized spacial score (nSPS) is 12.1. The summed E-state index contributed by atoms with van der Waals surface area (Å²) in [6.45, 7) is 1.94. The van der Waals surface area contributed by atoms with Crippen LogP contribution in [0.1, 0.15) is 39.9 Å². The van der Waals surface area contributed by atoms with E-state index in [1.54, 1.807) is 7.11 Å². The summed E-state index contributed by atoms with van der Waals surface area (Å²) < 4.78 is 11.4. The number of hydrogen-bond acceptors (Lipinski definition) is 4. The lowest BCUT2D eigenvalue weighted by Gasteiger charge is -2.15. The van der Waals surface area contributed by atoms with Crippen molar-refractivity contribution in [2.75, 3.05) is 7.11 Å². The average molecular weight is 335 g/mol. The molecule has 4 nitrogen and oxygen atoms in total. The van der Waals surface area contributed by atoms with Crippen LogP contribution in [0, 0.1) is 6.92 Å². The number of carbonyl (C=O) groups is 1. The molecule has 0 unspecified atom stereocenters. The summed E-state index contributed by atoms with van der Waals surface area (Å²) in [6.07, 6.45) is 2.35. The van der Waals surface area contributed by atoms with Crippen LogP contribution in [0.25, 0.3) is 11.5 Å². The van der Waals surface area contributed by atoms with Crippen molar-refractivity contribution in [3.05, 3.63) is 77.2 Å². The number of aromatic nitrogens is 1. The Morgan fingerprint density at radius 1 is 1.12 bits per heavy atom. The third-order valence-corrected chi connectivity index (χ3v) is 4.29. The molecular weight excluding hydrogens is 314 g/mol. The molecule has 0 radical (unpaired) electrons. The maximum Gasteiger partial charge on any atom is 0.226 e. The van der Waals surface area contributed by atoms with Gasteiger partial charge < -0.3 is 9.15 Å². The summed E-state index contributed by atoms with van der Waals surface area (Å²) in [5.74, 6) is 1.49. The number of carbonyl (C=O) groups excluding carboxylic acids is 1. The zero-order chi connectivity index (χ0) is 17.6. The molecule has 0 fully saturated rings. The van der Waals surface area contributed by atoms with Crippen molar-refractivity contribution in [1.82, 2.24) is 4.98 Å². The Hall–Kier alpha value is -2.72. The van der Waals surface area contributed by atoms with Crippen molar-refractivity contribution in [3.63, 3.8) is 0 Å². The van der Waals surface area contributed by atoms with Gasteiger partial charge in [0.25, 0.3) is 0 Å². The lowest BCUT2D eigenvalue weighted by Crippen LogP contribution is -2.04. The predicted molar refractivity (Wildman–Crippen MR) is 96.6 cm³/mol. The molecule has 0 aliphatic heterocycles. The van der Waals surface area contributed by atoms with E-state index in [-0.39, 0.29) is 6.10 Å². The first-order chi connectivity index (χ1) is 12.2. The minimum atomic E-state index is -0.0445. The van der Waals surface area contributed by atoms with Crippen LogP contribution in [0.5, 0.6) is 0 Å². The van der Waals surface area contributed by atoms with Gasteiger partial charge in [0.2, 0.25) is 5.89 Å². The van der Waals surface area contributed by atoms with Gasteiger partial charge in [0.05, 0.1) is 11.8 Å². The number of aldehydes is 1. The molecule has 0 aliphatic rings. The lowest BCUT2D eigenvalue weighted by molar-refractivity contribution is 0.0956. The molecule has 128 valence electrons. The Kier molecular flexibility index (Phi) is 5.41. The van der Waals surface area contributed by atoms with Crippen LogP contribution in [0.15, 0.2) is 59.0 Å². The van der Waals surface area contributed by atoms with Gasteiger partial charge in [-0.05, 0) is 37.5 Å². The Morgan fingerprint density at radius 2 is 1.84 bits per heavy atom. The number of nitrogens with zero attached hydrogens (tertiary/aromatic N) is 1. The number of ether oxygens (including phenoxy) is 1. The molecule has 0 bridgehead atoms. The highest BCUT2D eigenvalue weighted by Crippen LogP contribution is 2.26. The van der Waals surface area contributed by atoms with Gasteiger partial charge in [-0.2, -0.15) is 0 Å². The molecule has 1 atom stereocenters. The molecule has 4 heteroatoms. The smallest absolute Gasteiger partial charge is 0.226 e. The third kappa shape index (κ3) is 4.03. The Bertz CT molecular complexity index is 822. The van der Waals surface area contributed by atoms with Crippen LogP contribution in [-0.2, 0) is 11.2 Å². The number of methoxy groups -OCH3 is 1. The second-order valence-corrected chi connectivity index (χ2v) is 5.94. The van der Waals surface area contributed by atoms with Gasteiger partial charge in [-0.15, -0.1) is 0 Å². The molecule has 0 amide bonds. The van der Waals surface area contributed by atoms with Gasteiger partial charge in [0, 0.05) is 18.2 Å². The highest BCUT2D eigenvalue weighted by molar-refractivity contribution is 5.74. The van der Waals surface area contributed by atoms with Gasteiger partial charge in [0.1, 0.15) is 12.0 Å². The molecule has 0 saturated carbocycles. The van der Waals surface area contributed by atoms with Crippen LogP contribution in [-0.4, -0.2) is 18.4 Å². The van der Waals surface area contributed by atoms with Gasteiger partial charge in [-0.3, -0.25) is 4.79 Å². The molecule has 0 aliphatic carbocycles. The largest absolute Gasteiger partial charge is 0.441 e. The van der Waals surface area contributed by atoms with E-state index in [1.165, 1.54) is 0 Å². The second-order valence-electron chi connectivity index (χ2n) is 5.94. The van der Waals surface area contributed by atoms with Crippen molar-refractivity contribution < 1.29 is 13.9 Å². The van der Waals surface area contributed by atoms with Gasteiger partial charge in [-0.25, -0.2) is 4.98 Å². The lowest BCUT2D eigenvalue weighted by atomic mass is 10.0. The van der Waals surface area contributed by atoms with Crippen LogP contribution < -0.4 is 0 Å². The summed E-state index contributed by atoms with van der Waals surface area (Å²) in [5, 5.41) is 0. The topological polar surface area (TPSA) is 52.3 Å². The van der Waals surface area contributed by atoms with Crippen molar-refractivity contribution in [3.8, 4) is 11.5 Å². The maximum absolute atomic E-state index is 10.8. The summed E-state index contributed by atoms with van der Waals surface area (Å²) in [7, 11) is 1.70. The summed E-state index contributed by atoms with van der Waals surface area (Å²) in [4.78, 5) is 15.4. The monoisotopic (exact) mass is 335 g/mol. The molecular formula is C21H21NO3. The van der Waals surface area contributed by atoms with Crippen molar-refractivity contribution in [2.45, 2.75) is 25.9 Å². The fourth-order valence-corrected chi connectivity index (χ4v) is 2.84. The number of aryl methyl sites for hydroxylation is 2. The minimum absolute atomic E-state index is 0.0445. The number of oxazole rings is 1. The van der Waals surface area contributed by atoms with Crippen LogP contribution >= 0.6 is 0 Å². The molecule has 1 aromatic heterocycles. The molecule has 0 N–H and O–H groups in total. The van der Waals surface area contributed by atoms with Crippen LogP contribution in [0.4, 0.5) is 0 Å². The zero-order valence-electron chi connectivity index (χ0n) is 14.4. The highest BCUT2D eigenvalue weighted by Gasteiger charge is 2.15. The van der Waals surface area contributed by atoms with Gasteiger partial charge in [-0.1, -0.05) is 42.5 Å². The van der Waals surface area contributed by atoms with E-state index in [1.807, 2.05) is 61.5 Å². The molecule has 1 heterocycles. The average Bonchev–Trinajstić information content (AvgIpc) is 3.04. The quantitative estimate of drug-likeness (QED) is 0.583. The van der Waals surface area contributed by atoms with E-state index in [4.69, 9.17) is 9.15 Å².